The average molecular weight is 685 g/mol. The van der Waals surface area contributed by atoms with Gasteiger partial charge in [-0.2, -0.15) is 0 Å². The summed E-state index contributed by atoms with van der Waals surface area (Å²) in [6, 6.07) is 12.8. The molecule has 9 heteroatoms. The van der Waals surface area contributed by atoms with Crippen molar-refractivity contribution in [1.29, 1.82) is 0 Å². The number of esters is 1. The standard InChI is InChI=1S/C21H25FN2O2.C20H25FN2O/c1-12(2)18-17(20(25)26-5)16(13-6-8-14(22)9-7-13)15-10-23-11-21(3,4)19(15)24-18;1-12(2)18-16(10-24)17(13-5-7-14(21)8-6-13)15-9-22-11-20(3,4)19(15)23-18/h6-9,12,23H,10-11H2,1-5H3;5-8,12,22,24H,9-11H2,1-4H3. The highest BCUT2D eigenvalue weighted by Crippen LogP contribution is 2.41. The minimum Gasteiger partial charge on any atom is -0.465 e. The van der Waals surface area contributed by atoms with Crippen LogP contribution in [-0.4, -0.2) is 41.2 Å². The van der Waals surface area contributed by atoms with Gasteiger partial charge in [-0.05, 0) is 63.9 Å². The fraction of sp³-hybridized carbons (Fsp3) is 0.439. The largest absolute Gasteiger partial charge is 0.465 e. The molecular formula is C41H50F2N4O3. The smallest absolute Gasteiger partial charge is 0.340 e. The first-order valence-electron chi connectivity index (χ1n) is 17.4. The van der Waals surface area contributed by atoms with E-state index in [0.717, 1.165) is 74.8 Å². The Morgan fingerprint density at radius 3 is 1.60 bits per heavy atom. The molecule has 2 aliphatic rings. The number of carbonyl (C=O) groups excluding carboxylic acids is 1. The zero-order valence-corrected chi connectivity index (χ0v) is 30.7. The Bertz CT molecular complexity index is 1870. The topological polar surface area (TPSA) is 96.4 Å². The van der Waals surface area contributed by atoms with Crippen molar-refractivity contribution >= 4 is 5.97 Å². The molecule has 2 aliphatic heterocycles. The molecule has 6 rings (SSSR count). The molecule has 0 radical (unpaired) electrons. The molecule has 3 N–H and O–H groups in total. The van der Waals surface area contributed by atoms with Crippen LogP contribution in [0.3, 0.4) is 0 Å². The molecule has 0 amide bonds. The maximum atomic E-state index is 13.5. The quantitative estimate of drug-likeness (QED) is 0.177. The van der Waals surface area contributed by atoms with Gasteiger partial charge < -0.3 is 20.5 Å². The predicted molar refractivity (Wildman–Crippen MR) is 194 cm³/mol. The number of nitrogens with zero attached hydrogens (tertiary/aromatic N) is 2. The number of hydrogen-bond donors (Lipinski definition) is 3. The van der Waals surface area contributed by atoms with Crippen LogP contribution in [0.5, 0.6) is 0 Å². The second-order valence-electron chi connectivity index (χ2n) is 15.2. The number of benzene rings is 2. The summed E-state index contributed by atoms with van der Waals surface area (Å²) in [5, 5.41) is 16.9. The van der Waals surface area contributed by atoms with E-state index in [1.54, 1.807) is 24.3 Å². The van der Waals surface area contributed by atoms with Crippen LogP contribution in [-0.2, 0) is 35.3 Å². The number of halogens is 2. The van der Waals surface area contributed by atoms with Gasteiger partial charge in [0, 0.05) is 53.8 Å². The molecule has 2 aromatic carbocycles. The lowest BCUT2D eigenvalue weighted by Gasteiger charge is -2.35. The molecule has 0 spiro atoms. The summed E-state index contributed by atoms with van der Waals surface area (Å²) >= 11 is 0. The number of nitrogens with one attached hydrogen (secondary N) is 2. The molecule has 50 heavy (non-hydrogen) atoms. The molecule has 0 unspecified atom stereocenters. The second kappa shape index (κ2) is 14.7. The van der Waals surface area contributed by atoms with E-state index in [-0.39, 0.29) is 40.9 Å². The van der Waals surface area contributed by atoms with E-state index in [1.165, 1.54) is 31.4 Å². The van der Waals surface area contributed by atoms with Crippen LogP contribution >= 0.6 is 0 Å². The van der Waals surface area contributed by atoms with Crippen molar-refractivity contribution in [2.45, 2.75) is 97.8 Å². The number of aromatic nitrogens is 2. The normalized spacial score (nSPS) is 16.0. The molecule has 0 aliphatic carbocycles. The van der Waals surface area contributed by atoms with Crippen molar-refractivity contribution in [3.8, 4) is 22.3 Å². The van der Waals surface area contributed by atoms with E-state index >= 15 is 0 Å². The molecule has 7 nitrogen and oxygen atoms in total. The van der Waals surface area contributed by atoms with Crippen molar-refractivity contribution < 1.29 is 23.4 Å². The Labute approximate surface area is 294 Å². The van der Waals surface area contributed by atoms with Gasteiger partial charge >= 0.3 is 5.97 Å². The maximum absolute atomic E-state index is 13.5. The lowest BCUT2D eigenvalue weighted by Crippen LogP contribution is -2.40. The number of pyridine rings is 2. The fourth-order valence-electron chi connectivity index (χ4n) is 7.22. The predicted octanol–water partition coefficient (Wildman–Crippen LogP) is 8.06. The first kappa shape index (κ1) is 37.2. The number of rotatable bonds is 6. The molecule has 0 fully saturated rings. The third-order valence-corrected chi connectivity index (χ3v) is 9.68. The SMILES string of the molecule is CC(C)c1nc2c(c(-c3ccc(F)cc3)c1CO)CNCC2(C)C.COC(=O)c1c(C(C)C)nc2c(c1-c1ccc(F)cc1)CNCC2(C)C. The summed E-state index contributed by atoms with van der Waals surface area (Å²) < 4.78 is 31.9. The Morgan fingerprint density at radius 1 is 0.760 bits per heavy atom. The highest BCUT2D eigenvalue weighted by molar-refractivity contribution is 6.00. The number of aliphatic hydroxyl groups excluding tert-OH is 1. The highest BCUT2D eigenvalue weighted by Gasteiger charge is 2.36. The number of aliphatic hydroxyl groups is 1. The van der Waals surface area contributed by atoms with Gasteiger partial charge in [-0.25, -0.2) is 13.6 Å². The van der Waals surface area contributed by atoms with E-state index in [4.69, 9.17) is 14.7 Å². The van der Waals surface area contributed by atoms with Gasteiger partial charge in [0.25, 0.3) is 0 Å². The monoisotopic (exact) mass is 684 g/mol. The minimum atomic E-state index is -0.410. The Balaban J connectivity index is 0.000000195. The fourth-order valence-corrected chi connectivity index (χ4v) is 7.22. The summed E-state index contributed by atoms with van der Waals surface area (Å²) in [4.78, 5) is 22.6. The zero-order chi connectivity index (χ0) is 36.5. The Kier molecular flexibility index (Phi) is 10.9. The van der Waals surface area contributed by atoms with Crippen LogP contribution in [0.4, 0.5) is 8.78 Å². The minimum absolute atomic E-state index is 0.0549. The van der Waals surface area contributed by atoms with Crippen LogP contribution < -0.4 is 10.6 Å². The first-order chi connectivity index (χ1) is 23.6. The van der Waals surface area contributed by atoms with E-state index in [9.17, 15) is 18.7 Å². The number of hydrogen-bond acceptors (Lipinski definition) is 7. The summed E-state index contributed by atoms with van der Waals surface area (Å²) in [6.07, 6.45) is 0. The molecular weight excluding hydrogens is 634 g/mol. The van der Waals surface area contributed by atoms with Crippen molar-refractivity contribution in [3.05, 3.63) is 105 Å². The van der Waals surface area contributed by atoms with E-state index in [2.05, 4.69) is 52.2 Å². The third-order valence-electron chi connectivity index (χ3n) is 9.68. The lowest BCUT2D eigenvalue weighted by atomic mass is 9.78. The van der Waals surface area contributed by atoms with Gasteiger partial charge in [0.05, 0.1) is 36.4 Å². The van der Waals surface area contributed by atoms with E-state index in [0.29, 0.717) is 18.7 Å². The van der Waals surface area contributed by atoms with Crippen LogP contribution in [0.15, 0.2) is 48.5 Å². The molecule has 0 saturated carbocycles. The molecule has 4 aromatic rings. The number of fused-ring (bicyclic) bond motifs is 2. The van der Waals surface area contributed by atoms with Gasteiger partial charge in [-0.3, -0.25) is 9.97 Å². The summed E-state index contributed by atoms with van der Waals surface area (Å²) in [6.45, 7) is 19.8. The molecule has 0 bridgehead atoms. The number of carbonyl (C=O) groups is 1. The van der Waals surface area contributed by atoms with Crippen molar-refractivity contribution in [3.63, 3.8) is 0 Å². The zero-order valence-electron chi connectivity index (χ0n) is 30.7. The Hall–Kier alpha value is -4.05. The number of methoxy groups -OCH3 is 1. The van der Waals surface area contributed by atoms with Crippen LogP contribution in [0.1, 0.15) is 117 Å². The molecule has 0 atom stereocenters. The van der Waals surface area contributed by atoms with Gasteiger partial charge in [-0.1, -0.05) is 79.7 Å². The molecule has 266 valence electrons. The van der Waals surface area contributed by atoms with Gasteiger partial charge in [0.15, 0.2) is 0 Å². The summed E-state index contributed by atoms with van der Waals surface area (Å²) in [7, 11) is 1.38. The van der Waals surface area contributed by atoms with Gasteiger partial charge in [-0.15, -0.1) is 0 Å². The molecule has 4 heterocycles. The van der Waals surface area contributed by atoms with Crippen LogP contribution in [0, 0.1) is 11.6 Å². The van der Waals surface area contributed by atoms with E-state index in [1.807, 2.05) is 13.8 Å². The molecule has 0 saturated heterocycles. The number of ether oxygens (including phenoxy) is 1. The van der Waals surface area contributed by atoms with Crippen molar-refractivity contribution in [2.24, 2.45) is 0 Å². The molecule has 2 aromatic heterocycles. The summed E-state index contributed by atoms with van der Waals surface area (Å²) in [5.41, 5.74) is 10.5. The van der Waals surface area contributed by atoms with Crippen molar-refractivity contribution in [2.75, 3.05) is 20.2 Å². The van der Waals surface area contributed by atoms with Gasteiger partial charge in [0.2, 0.25) is 0 Å². The third kappa shape index (κ3) is 7.22. The lowest BCUT2D eigenvalue weighted by molar-refractivity contribution is 0.0599. The summed E-state index contributed by atoms with van der Waals surface area (Å²) in [5.74, 6) is -0.707. The highest BCUT2D eigenvalue weighted by atomic mass is 19.1. The van der Waals surface area contributed by atoms with Gasteiger partial charge in [0.1, 0.15) is 11.6 Å². The van der Waals surface area contributed by atoms with Crippen LogP contribution in [0.25, 0.3) is 22.3 Å². The second-order valence-corrected chi connectivity index (χ2v) is 15.2. The Morgan fingerprint density at radius 2 is 1.18 bits per heavy atom. The van der Waals surface area contributed by atoms with Crippen molar-refractivity contribution in [1.82, 2.24) is 20.6 Å². The first-order valence-corrected chi connectivity index (χ1v) is 17.4. The van der Waals surface area contributed by atoms with Crippen LogP contribution in [0.2, 0.25) is 0 Å². The van der Waals surface area contributed by atoms with E-state index < -0.39 is 5.97 Å². The average Bonchev–Trinajstić information content (AvgIpc) is 3.07. The maximum Gasteiger partial charge on any atom is 0.340 e.